The van der Waals surface area contributed by atoms with Crippen molar-refractivity contribution in [1.82, 2.24) is 4.90 Å². The maximum absolute atomic E-state index is 13.7. The van der Waals surface area contributed by atoms with Gasteiger partial charge in [-0.15, -0.1) is 0 Å². The zero-order valence-electron chi connectivity index (χ0n) is 23.7. The van der Waals surface area contributed by atoms with Crippen LogP contribution in [0.2, 0.25) is 5.02 Å². The smallest absolute Gasteiger partial charge is 0.265 e. The summed E-state index contributed by atoms with van der Waals surface area (Å²) in [4.78, 5) is 34.8. The van der Waals surface area contributed by atoms with Crippen molar-refractivity contribution in [3.8, 4) is 0 Å². The molecular weight excluding hydrogens is 562 g/mol. The van der Waals surface area contributed by atoms with E-state index < -0.39 is 0 Å². The zero-order valence-corrected chi connectivity index (χ0v) is 25.2. The maximum atomic E-state index is 13.7. The highest BCUT2D eigenvalue weighted by atomic mass is 35.5. The van der Waals surface area contributed by atoms with Crippen molar-refractivity contribution in [2.75, 3.05) is 29.4 Å². The van der Waals surface area contributed by atoms with Gasteiger partial charge < -0.3 is 14.7 Å². The number of piperazine rings is 1. The van der Waals surface area contributed by atoms with Crippen LogP contribution in [-0.2, 0) is 11.3 Å². The molecule has 0 saturated carbocycles. The lowest BCUT2D eigenvalue weighted by Crippen LogP contribution is -2.53. The summed E-state index contributed by atoms with van der Waals surface area (Å²) >= 11 is 7.69. The number of nitrogens with zero attached hydrogens (tertiary/aromatic N) is 3. The number of halogens is 1. The van der Waals surface area contributed by atoms with E-state index in [1.165, 1.54) is 23.0 Å². The zero-order chi connectivity index (χ0) is 29.2. The standard InChI is InChI=1S/C35H32ClN3O2S/c1-24-7-5-10-30(19-24)38-18-17-37(22-25(38)2)34(40)28-15-13-26(14-16-28)21-33-35(41)39(23-27-8-6-9-29(36)20-27)31-11-3-4-12-32(31)42-33/h3-16,19-21,25H,17-18,22-23H2,1-2H3/b33-21+/t25-/m1/s1. The highest BCUT2D eigenvalue weighted by Gasteiger charge is 2.30. The summed E-state index contributed by atoms with van der Waals surface area (Å²) < 4.78 is 0. The summed E-state index contributed by atoms with van der Waals surface area (Å²) in [6.45, 7) is 6.85. The average molecular weight is 594 g/mol. The van der Waals surface area contributed by atoms with Gasteiger partial charge in [-0.2, -0.15) is 0 Å². The van der Waals surface area contributed by atoms with E-state index in [-0.39, 0.29) is 17.9 Å². The third kappa shape index (κ3) is 5.96. The Morgan fingerprint density at radius 3 is 2.50 bits per heavy atom. The first-order chi connectivity index (χ1) is 20.4. The number of carbonyl (C=O) groups is 2. The first-order valence-electron chi connectivity index (χ1n) is 14.1. The highest BCUT2D eigenvalue weighted by molar-refractivity contribution is 8.04. The van der Waals surface area contributed by atoms with Crippen molar-refractivity contribution in [3.05, 3.63) is 129 Å². The van der Waals surface area contributed by atoms with Crippen molar-refractivity contribution < 1.29 is 9.59 Å². The molecule has 0 radical (unpaired) electrons. The molecular formula is C35H32ClN3O2S. The summed E-state index contributed by atoms with van der Waals surface area (Å²) in [6.07, 6.45) is 1.91. The van der Waals surface area contributed by atoms with Gasteiger partial charge in [0.15, 0.2) is 0 Å². The highest BCUT2D eigenvalue weighted by Crippen LogP contribution is 2.42. The monoisotopic (exact) mass is 593 g/mol. The molecule has 0 bridgehead atoms. The summed E-state index contributed by atoms with van der Waals surface area (Å²) in [6, 6.07) is 31.9. The molecule has 0 N–H and O–H groups in total. The van der Waals surface area contributed by atoms with E-state index in [0.29, 0.717) is 35.1 Å². The third-order valence-electron chi connectivity index (χ3n) is 7.77. The number of hydrogen-bond donors (Lipinski definition) is 0. The number of hydrogen-bond acceptors (Lipinski definition) is 4. The number of anilines is 2. The topological polar surface area (TPSA) is 43.9 Å². The molecule has 1 saturated heterocycles. The fraction of sp³-hybridized carbons (Fsp3) is 0.200. The number of benzene rings is 4. The van der Waals surface area contributed by atoms with Crippen LogP contribution in [-0.4, -0.2) is 42.4 Å². The first kappa shape index (κ1) is 28.1. The largest absolute Gasteiger partial charge is 0.365 e. The summed E-state index contributed by atoms with van der Waals surface area (Å²) in [7, 11) is 0. The third-order valence-corrected chi connectivity index (χ3v) is 9.08. The first-order valence-corrected chi connectivity index (χ1v) is 15.3. The van der Waals surface area contributed by atoms with Gasteiger partial charge >= 0.3 is 0 Å². The van der Waals surface area contributed by atoms with Gasteiger partial charge in [-0.3, -0.25) is 9.59 Å². The second-order valence-corrected chi connectivity index (χ2v) is 12.4. The minimum Gasteiger partial charge on any atom is -0.365 e. The Balaban J connectivity index is 1.17. The van der Waals surface area contributed by atoms with E-state index in [0.717, 1.165) is 28.3 Å². The van der Waals surface area contributed by atoms with Crippen molar-refractivity contribution in [2.24, 2.45) is 0 Å². The van der Waals surface area contributed by atoms with Gasteiger partial charge in [0.2, 0.25) is 0 Å². The normalized spacial score (nSPS) is 17.9. The van der Waals surface area contributed by atoms with Gasteiger partial charge in [0.25, 0.3) is 11.8 Å². The maximum Gasteiger partial charge on any atom is 0.265 e. The fourth-order valence-corrected chi connectivity index (χ4v) is 6.90. The molecule has 2 aliphatic heterocycles. The number of para-hydroxylation sites is 1. The van der Waals surface area contributed by atoms with Gasteiger partial charge in [0, 0.05) is 46.8 Å². The number of rotatable bonds is 5. The van der Waals surface area contributed by atoms with E-state index >= 15 is 0 Å². The summed E-state index contributed by atoms with van der Waals surface area (Å²) in [5.74, 6) is -0.0195. The van der Waals surface area contributed by atoms with Gasteiger partial charge in [0.05, 0.1) is 17.1 Å². The molecule has 4 aromatic rings. The Hall–Kier alpha value is -4.00. The molecule has 2 heterocycles. The van der Waals surface area contributed by atoms with Crippen LogP contribution in [0.15, 0.2) is 107 Å². The van der Waals surface area contributed by atoms with Gasteiger partial charge in [-0.05, 0) is 85.1 Å². The Morgan fingerprint density at radius 1 is 0.952 bits per heavy atom. The molecule has 212 valence electrons. The van der Waals surface area contributed by atoms with Crippen LogP contribution in [0, 0.1) is 6.92 Å². The lowest BCUT2D eigenvalue weighted by Gasteiger charge is -2.41. The van der Waals surface area contributed by atoms with Gasteiger partial charge in [0.1, 0.15) is 0 Å². The predicted molar refractivity (Wildman–Crippen MR) is 173 cm³/mol. The molecule has 5 nitrogen and oxygen atoms in total. The SMILES string of the molecule is Cc1cccc(N2CCN(C(=O)c3ccc(/C=C4/Sc5ccccc5N(Cc5cccc(Cl)c5)C4=O)cc3)C[C@H]2C)c1. The van der Waals surface area contributed by atoms with Crippen LogP contribution in [0.1, 0.15) is 34.0 Å². The second kappa shape index (κ2) is 12.1. The molecule has 0 spiro atoms. The van der Waals surface area contributed by atoms with Crippen LogP contribution in [0.5, 0.6) is 0 Å². The molecule has 2 aliphatic rings. The average Bonchev–Trinajstić information content (AvgIpc) is 2.99. The van der Waals surface area contributed by atoms with E-state index in [2.05, 4.69) is 43.0 Å². The van der Waals surface area contributed by atoms with Crippen molar-refractivity contribution in [3.63, 3.8) is 0 Å². The summed E-state index contributed by atoms with van der Waals surface area (Å²) in [5, 5.41) is 0.646. The quantitative estimate of drug-likeness (QED) is 0.223. The van der Waals surface area contributed by atoms with Gasteiger partial charge in [-0.1, -0.05) is 71.9 Å². The van der Waals surface area contributed by atoms with Gasteiger partial charge in [-0.25, -0.2) is 0 Å². The second-order valence-electron chi connectivity index (χ2n) is 10.9. The Morgan fingerprint density at radius 2 is 1.74 bits per heavy atom. The molecule has 0 aromatic heterocycles. The van der Waals surface area contributed by atoms with E-state index in [1.54, 1.807) is 4.90 Å². The van der Waals surface area contributed by atoms with E-state index in [9.17, 15) is 9.59 Å². The molecule has 4 aromatic carbocycles. The van der Waals surface area contributed by atoms with Crippen LogP contribution in [0.4, 0.5) is 11.4 Å². The fourth-order valence-electron chi connectivity index (χ4n) is 5.63. The molecule has 6 rings (SSSR count). The molecule has 1 atom stereocenters. The van der Waals surface area contributed by atoms with E-state index in [1.807, 2.05) is 83.8 Å². The number of thioether (sulfide) groups is 1. The lowest BCUT2D eigenvalue weighted by atomic mass is 10.1. The van der Waals surface area contributed by atoms with Crippen molar-refractivity contribution in [1.29, 1.82) is 0 Å². The van der Waals surface area contributed by atoms with Crippen LogP contribution < -0.4 is 9.80 Å². The molecule has 2 amide bonds. The van der Waals surface area contributed by atoms with Crippen LogP contribution in [0.3, 0.4) is 0 Å². The minimum absolute atomic E-state index is 0.0367. The molecule has 1 fully saturated rings. The van der Waals surface area contributed by atoms with E-state index in [4.69, 9.17) is 11.6 Å². The molecule has 42 heavy (non-hydrogen) atoms. The van der Waals surface area contributed by atoms with Crippen molar-refractivity contribution in [2.45, 2.75) is 31.3 Å². The number of carbonyl (C=O) groups excluding carboxylic acids is 2. The van der Waals surface area contributed by atoms with Crippen molar-refractivity contribution >= 4 is 52.6 Å². The number of aryl methyl sites for hydroxylation is 1. The molecule has 0 unspecified atom stereocenters. The molecule has 0 aliphatic carbocycles. The lowest BCUT2D eigenvalue weighted by molar-refractivity contribution is -0.114. The Bertz CT molecular complexity index is 1670. The predicted octanol–water partition coefficient (Wildman–Crippen LogP) is 7.68. The van der Waals surface area contributed by atoms with Crippen LogP contribution in [0.25, 0.3) is 6.08 Å². The summed E-state index contributed by atoms with van der Waals surface area (Å²) in [5.41, 5.74) is 5.83. The Kier molecular flexibility index (Phi) is 8.09. The minimum atomic E-state index is -0.0562. The Labute approximate surface area is 256 Å². The van der Waals surface area contributed by atoms with Crippen LogP contribution >= 0.6 is 23.4 Å². The molecule has 7 heteroatoms. The number of amides is 2. The number of fused-ring (bicyclic) bond motifs is 1.